The Morgan fingerprint density at radius 3 is 2.16 bits per heavy atom. The monoisotopic (exact) mass is 457 g/mol. The summed E-state index contributed by atoms with van der Waals surface area (Å²) in [5.74, 6) is 0.198. The van der Waals surface area contributed by atoms with Gasteiger partial charge in [0.25, 0.3) is 0 Å². The summed E-state index contributed by atoms with van der Waals surface area (Å²) in [7, 11) is -1.26. The summed E-state index contributed by atoms with van der Waals surface area (Å²) >= 11 is 5.91. The van der Waals surface area contributed by atoms with Gasteiger partial charge in [0, 0.05) is 16.1 Å². The second kappa shape index (κ2) is 10.6. The molecular weight excluding hydrogens is 434 g/mol. The molecule has 0 spiro atoms. The highest BCUT2D eigenvalue weighted by Crippen LogP contribution is 2.37. The molecule has 3 aromatic carbocycles. The van der Waals surface area contributed by atoms with Crippen molar-refractivity contribution in [2.75, 3.05) is 6.61 Å². The largest absolute Gasteiger partial charge is 0.494 e. The predicted octanol–water partition coefficient (Wildman–Crippen LogP) is 8.22. The van der Waals surface area contributed by atoms with Gasteiger partial charge in [0.2, 0.25) is 0 Å². The lowest BCUT2D eigenvalue weighted by Gasteiger charge is -2.20. The van der Waals surface area contributed by atoms with Gasteiger partial charge >= 0.3 is 0 Å². The molecule has 0 N–H and O–H groups in total. The highest BCUT2D eigenvalue weighted by atomic mass is 35.5. The lowest BCUT2D eigenvalue weighted by Crippen LogP contribution is -2.17. The van der Waals surface area contributed by atoms with Crippen LogP contribution in [-0.4, -0.2) is 15.4 Å². The molecule has 3 rings (SSSR count). The maximum absolute atomic E-state index is 15.4. The van der Waals surface area contributed by atoms with Gasteiger partial charge in [-0.2, -0.15) is 0 Å². The van der Waals surface area contributed by atoms with Crippen LogP contribution in [0.4, 0.5) is 8.78 Å². The average Bonchev–Trinajstić information content (AvgIpc) is 2.76. The van der Waals surface area contributed by atoms with Gasteiger partial charge in [-0.3, -0.25) is 0 Å². The second-order valence-electron chi connectivity index (χ2n) is 7.26. The van der Waals surface area contributed by atoms with Gasteiger partial charge in [-0.1, -0.05) is 36.8 Å². The van der Waals surface area contributed by atoms with E-state index in [0.717, 1.165) is 0 Å². The van der Waals surface area contributed by atoms with E-state index < -0.39 is 26.0 Å². The number of rotatable bonds is 8. The van der Waals surface area contributed by atoms with E-state index in [1.54, 1.807) is 54.6 Å². The summed E-state index contributed by atoms with van der Waals surface area (Å²) in [4.78, 5) is 0. The fraction of sp³-hybridized carbons (Fsp3) is 0.200. The minimum Gasteiger partial charge on any atom is -0.494 e. The molecule has 31 heavy (non-hydrogen) atoms. The van der Waals surface area contributed by atoms with Crippen LogP contribution in [0.1, 0.15) is 23.6 Å². The van der Waals surface area contributed by atoms with E-state index in [-0.39, 0.29) is 5.56 Å². The fourth-order valence-electron chi connectivity index (χ4n) is 3.26. The quantitative estimate of drug-likeness (QED) is 0.317. The molecule has 0 fully saturated rings. The normalized spacial score (nSPS) is 13.0. The lowest BCUT2D eigenvalue weighted by atomic mass is 10.1. The number of allylic oxidation sites excluding steroid dienone is 1. The van der Waals surface area contributed by atoms with Gasteiger partial charge in [-0.05, 0) is 73.2 Å². The van der Waals surface area contributed by atoms with Crippen molar-refractivity contribution in [1.82, 2.24) is 0 Å². The first-order chi connectivity index (χ1) is 14.9. The molecular formula is C25H24ClF2O2Si. The number of halogens is 3. The Balaban J connectivity index is 1.90. The SMILES string of the molecule is CCOc1ccc(C(F)=C(F)C(c2cccc(Oc3ccc(Cl)cc3)c2)[Si](C)C)cc1. The third-order valence-corrected chi connectivity index (χ3v) is 6.69. The molecule has 0 aliphatic heterocycles. The highest BCUT2D eigenvalue weighted by Gasteiger charge is 2.26. The van der Waals surface area contributed by atoms with E-state index >= 15 is 8.78 Å². The molecule has 161 valence electrons. The number of benzene rings is 3. The van der Waals surface area contributed by atoms with Crippen molar-refractivity contribution in [3.63, 3.8) is 0 Å². The van der Waals surface area contributed by atoms with Crippen molar-refractivity contribution in [3.05, 3.63) is 94.8 Å². The zero-order chi connectivity index (χ0) is 22.4. The Labute approximate surface area is 188 Å². The Bertz CT molecular complexity index is 1030. The van der Waals surface area contributed by atoms with Crippen LogP contribution in [0.2, 0.25) is 18.1 Å². The Hall–Kier alpha value is -2.63. The minimum atomic E-state index is -1.26. The summed E-state index contributed by atoms with van der Waals surface area (Å²) in [5.41, 5.74) is 0.233. The van der Waals surface area contributed by atoms with Gasteiger partial charge in [-0.15, -0.1) is 0 Å². The second-order valence-corrected chi connectivity index (χ2v) is 10.4. The fourth-order valence-corrected chi connectivity index (χ4v) is 4.86. The van der Waals surface area contributed by atoms with Crippen LogP contribution in [0.15, 0.2) is 78.6 Å². The zero-order valence-corrected chi connectivity index (χ0v) is 19.4. The molecule has 6 heteroatoms. The average molecular weight is 458 g/mol. The summed E-state index contributed by atoms with van der Waals surface area (Å²) in [6.45, 7) is 6.32. The van der Waals surface area contributed by atoms with E-state index in [4.69, 9.17) is 21.1 Å². The van der Waals surface area contributed by atoms with E-state index in [9.17, 15) is 0 Å². The smallest absolute Gasteiger partial charge is 0.162 e. The maximum atomic E-state index is 15.4. The van der Waals surface area contributed by atoms with Crippen LogP contribution in [-0.2, 0) is 0 Å². The Morgan fingerprint density at radius 1 is 0.903 bits per heavy atom. The summed E-state index contributed by atoms with van der Waals surface area (Å²) < 4.78 is 41.7. The molecule has 3 aromatic rings. The highest BCUT2D eigenvalue weighted by molar-refractivity contribution is 6.58. The predicted molar refractivity (Wildman–Crippen MR) is 125 cm³/mol. The molecule has 0 aromatic heterocycles. The van der Waals surface area contributed by atoms with E-state index in [1.807, 2.05) is 26.1 Å². The van der Waals surface area contributed by atoms with Crippen LogP contribution in [0.5, 0.6) is 17.2 Å². The summed E-state index contributed by atoms with van der Waals surface area (Å²) in [6.07, 6.45) is 0. The first-order valence-corrected chi connectivity index (χ1v) is 13.0. The number of ether oxygens (including phenoxy) is 2. The minimum absolute atomic E-state index is 0.197. The van der Waals surface area contributed by atoms with Crippen molar-refractivity contribution in [1.29, 1.82) is 0 Å². The van der Waals surface area contributed by atoms with Crippen molar-refractivity contribution >= 4 is 26.2 Å². The van der Waals surface area contributed by atoms with Gasteiger partial charge in [0.15, 0.2) is 5.83 Å². The molecule has 0 amide bonds. The van der Waals surface area contributed by atoms with E-state index in [2.05, 4.69) is 0 Å². The van der Waals surface area contributed by atoms with Crippen molar-refractivity contribution < 1.29 is 18.3 Å². The van der Waals surface area contributed by atoms with Crippen LogP contribution < -0.4 is 9.47 Å². The molecule has 1 unspecified atom stereocenters. The molecule has 0 bridgehead atoms. The maximum Gasteiger partial charge on any atom is 0.162 e. The molecule has 0 saturated heterocycles. The molecule has 0 aliphatic carbocycles. The molecule has 0 aliphatic rings. The van der Waals surface area contributed by atoms with Gasteiger partial charge in [-0.25, -0.2) is 8.78 Å². The zero-order valence-electron chi connectivity index (χ0n) is 17.7. The molecule has 0 saturated carbocycles. The number of hydrogen-bond acceptors (Lipinski definition) is 2. The Morgan fingerprint density at radius 2 is 1.55 bits per heavy atom. The summed E-state index contributed by atoms with van der Waals surface area (Å²) in [6, 6.07) is 20.5. The first kappa shape index (κ1) is 23.0. The topological polar surface area (TPSA) is 18.5 Å². The lowest BCUT2D eigenvalue weighted by molar-refractivity contribution is 0.340. The van der Waals surface area contributed by atoms with Crippen LogP contribution >= 0.6 is 11.6 Å². The van der Waals surface area contributed by atoms with Crippen molar-refractivity contribution in [2.24, 2.45) is 0 Å². The van der Waals surface area contributed by atoms with Gasteiger partial charge in [0.05, 0.1) is 15.4 Å². The van der Waals surface area contributed by atoms with Crippen molar-refractivity contribution in [3.8, 4) is 17.2 Å². The standard InChI is InChI=1S/C25H24ClF2O2Si/c1-4-29-20-12-8-17(9-13-20)23(27)24(28)25(31(2)3)18-6-5-7-22(16-18)30-21-14-10-19(26)11-15-21/h5-16,25H,4H2,1-3H3. The third kappa shape index (κ3) is 5.96. The molecule has 1 radical (unpaired) electrons. The van der Waals surface area contributed by atoms with Crippen LogP contribution in [0, 0.1) is 0 Å². The van der Waals surface area contributed by atoms with Gasteiger partial charge in [0.1, 0.15) is 23.1 Å². The molecule has 1 atom stereocenters. The van der Waals surface area contributed by atoms with Gasteiger partial charge < -0.3 is 9.47 Å². The molecule has 0 heterocycles. The van der Waals surface area contributed by atoms with Crippen LogP contribution in [0.25, 0.3) is 5.83 Å². The number of hydrogen-bond donors (Lipinski definition) is 0. The Kier molecular flexibility index (Phi) is 7.88. The van der Waals surface area contributed by atoms with Crippen LogP contribution in [0.3, 0.4) is 0 Å². The van der Waals surface area contributed by atoms with Crippen molar-refractivity contribution in [2.45, 2.75) is 25.6 Å². The first-order valence-electron chi connectivity index (χ1n) is 10.0. The summed E-state index contributed by atoms with van der Waals surface area (Å²) in [5, 5.41) is 0.613. The molecule has 2 nitrogen and oxygen atoms in total. The van der Waals surface area contributed by atoms with E-state index in [0.29, 0.717) is 34.4 Å². The third-order valence-electron chi connectivity index (χ3n) is 4.70. The van der Waals surface area contributed by atoms with E-state index in [1.165, 1.54) is 12.1 Å².